The fraction of sp³-hybridized carbons (Fsp3) is 0.217. The third-order valence-electron chi connectivity index (χ3n) is 5.26. The van der Waals surface area contributed by atoms with Gasteiger partial charge in [0.15, 0.2) is 17.3 Å². The van der Waals surface area contributed by atoms with E-state index < -0.39 is 11.9 Å². The zero-order valence-electron chi connectivity index (χ0n) is 17.8. The number of anilines is 2. The van der Waals surface area contributed by atoms with Gasteiger partial charge in [0.05, 0.1) is 26.8 Å². The molecule has 9 nitrogen and oxygen atoms in total. The van der Waals surface area contributed by atoms with Crippen LogP contribution in [-0.4, -0.2) is 41.6 Å². The zero-order valence-corrected chi connectivity index (χ0v) is 17.8. The van der Waals surface area contributed by atoms with E-state index in [1.54, 1.807) is 56.8 Å². The van der Waals surface area contributed by atoms with Gasteiger partial charge in [-0.3, -0.25) is 14.4 Å². The summed E-state index contributed by atoms with van der Waals surface area (Å²) >= 11 is 0. The summed E-state index contributed by atoms with van der Waals surface area (Å²) in [7, 11) is 3.09. The van der Waals surface area contributed by atoms with Crippen LogP contribution in [0.4, 0.5) is 11.5 Å². The number of hydrogen-bond donors (Lipinski definition) is 2. The second kappa shape index (κ2) is 8.54. The molecule has 0 aliphatic carbocycles. The van der Waals surface area contributed by atoms with E-state index in [1.165, 1.54) is 11.6 Å². The Morgan fingerprint density at radius 2 is 1.91 bits per heavy atom. The van der Waals surface area contributed by atoms with Crippen LogP contribution in [-0.2, 0) is 9.59 Å². The Morgan fingerprint density at radius 3 is 2.62 bits per heavy atom. The third-order valence-corrected chi connectivity index (χ3v) is 5.26. The minimum atomic E-state index is -0.839. The molecular formula is C23H22N4O5. The standard InChI is InChI=1S/C23H22N4O5/c1-13(28)14-5-4-6-16(9-14)25-23(30)18-11-21(29)26-22-17(12-24-27(18)22)15-7-8-19(31-2)20(10-15)32-3/h4-10,12,18H,11H2,1-3H3,(H,25,30)(H,26,29)/t18-/m0/s1. The lowest BCUT2D eigenvalue weighted by atomic mass is 10.1. The first-order valence-corrected chi connectivity index (χ1v) is 9.93. The second-order valence-corrected chi connectivity index (χ2v) is 7.32. The number of ether oxygens (including phenoxy) is 2. The summed E-state index contributed by atoms with van der Waals surface area (Å²) in [6, 6.07) is 11.2. The fourth-order valence-corrected chi connectivity index (χ4v) is 3.63. The number of carbonyl (C=O) groups excluding carboxylic acids is 3. The molecule has 1 aliphatic rings. The number of amides is 2. The number of benzene rings is 2. The molecule has 3 aromatic rings. The lowest BCUT2D eigenvalue weighted by Gasteiger charge is -2.24. The molecule has 2 N–H and O–H groups in total. The first kappa shape index (κ1) is 21.1. The van der Waals surface area contributed by atoms with Crippen molar-refractivity contribution in [2.24, 2.45) is 0 Å². The normalized spacial score (nSPS) is 14.8. The van der Waals surface area contributed by atoms with Gasteiger partial charge in [-0.2, -0.15) is 5.10 Å². The van der Waals surface area contributed by atoms with Crippen molar-refractivity contribution in [1.82, 2.24) is 9.78 Å². The van der Waals surface area contributed by atoms with E-state index in [2.05, 4.69) is 15.7 Å². The van der Waals surface area contributed by atoms with Gasteiger partial charge in [0.25, 0.3) is 0 Å². The highest BCUT2D eigenvalue weighted by Gasteiger charge is 2.33. The minimum absolute atomic E-state index is 0.0573. The number of rotatable bonds is 6. The van der Waals surface area contributed by atoms with Crippen molar-refractivity contribution in [1.29, 1.82) is 0 Å². The molecule has 1 aromatic heterocycles. The molecule has 1 aliphatic heterocycles. The monoisotopic (exact) mass is 434 g/mol. The molecule has 32 heavy (non-hydrogen) atoms. The second-order valence-electron chi connectivity index (χ2n) is 7.32. The lowest BCUT2D eigenvalue weighted by Crippen LogP contribution is -2.35. The summed E-state index contributed by atoms with van der Waals surface area (Å²) < 4.78 is 12.1. The van der Waals surface area contributed by atoms with E-state index in [0.717, 1.165) is 5.56 Å². The van der Waals surface area contributed by atoms with Gasteiger partial charge in [0.2, 0.25) is 11.8 Å². The van der Waals surface area contributed by atoms with Gasteiger partial charge in [-0.05, 0) is 36.8 Å². The zero-order chi connectivity index (χ0) is 22.8. The highest BCUT2D eigenvalue weighted by molar-refractivity contribution is 6.03. The maximum absolute atomic E-state index is 13.0. The molecule has 0 fully saturated rings. The van der Waals surface area contributed by atoms with Gasteiger partial charge in [-0.1, -0.05) is 18.2 Å². The number of nitrogens with one attached hydrogen (secondary N) is 2. The molecule has 0 unspecified atom stereocenters. The SMILES string of the molecule is COc1ccc(-c2cnn3c2NC(=O)C[C@H]3C(=O)Nc2cccc(C(C)=O)c2)cc1OC. The number of aromatic nitrogens is 2. The summed E-state index contributed by atoms with van der Waals surface area (Å²) in [5, 5.41) is 9.96. The summed E-state index contributed by atoms with van der Waals surface area (Å²) in [4.78, 5) is 37.1. The first-order valence-electron chi connectivity index (χ1n) is 9.93. The summed E-state index contributed by atoms with van der Waals surface area (Å²) in [5.41, 5.74) is 2.36. The van der Waals surface area contributed by atoms with Gasteiger partial charge < -0.3 is 20.1 Å². The Bertz CT molecular complexity index is 1220. The molecule has 1 atom stereocenters. The van der Waals surface area contributed by atoms with Crippen molar-refractivity contribution in [2.45, 2.75) is 19.4 Å². The van der Waals surface area contributed by atoms with Crippen molar-refractivity contribution in [3.63, 3.8) is 0 Å². The largest absolute Gasteiger partial charge is 0.493 e. The smallest absolute Gasteiger partial charge is 0.249 e. The quantitative estimate of drug-likeness (QED) is 0.576. The van der Waals surface area contributed by atoms with E-state index in [-0.39, 0.29) is 18.1 Å². The topological polar surface area (TPSA) is 112 Å². The number of Topliss-reactive ketones (excluding diaryl/α,β-unsaturated/α-hetero) is 1. The van der Waals surface area contributed by atoms with Crippen LogP contribution in [0.2, 0.25) is 0 Å². The molecule has 164 valence electrons. The highest BCUT2D eigenvalue weighted by atomic mass is 16.5. The van der Waals surface area contributed by atoms with Crippen LogP contribution in [0.1, 0.15) is 29.7 Å². The van der Waals surface area contributed by atoms with Crippen LogP contribution in [0.25, 0.3) is 11.1 Å². The van der Waals surface area contributed by atoms with Crippen molar-refractivity contribution in [3.05, 3.63) is 54.2 Å². The molecule has 0 bridgehead atoms. The van der Waals surface area contributed by atoms with Crippen molar-refractivity contribution < 1.29 is 23.9 Å². The van der Waals surface area contributed by atoms with Gasteiger partial charge in [-0.25, -0.2) is 4.68 Å². The Balaban J connectivity index is 1.66. The number of methoxy groups -OCH3 is 2. The highest BCUT2D eigenvalue weighted by Crippen LogP contribution is 2.38. The number of nitrogens with zero attached hydrogens (tertiary/aromatic N) is 2. The van der Waals surface area contributed by atoms with Gasteiger partial charge >= 0.3 is 0 Å². The molecule has 0 radical (unpaired) electrons. The Labute approximate surface area is 184 Å². The van der Waals surface area contributed by atoms with E-state index in [1.807, 2.05) is 6.07 Å². The Hall–Kier alpha value is -4.14. The minimum Gasteiger partial charge on any atom is -0.493 e. The van der Waals surface area contributed by atoms with Gasteiger partial charge in [-0.15, -0.1) is 0 Å². The third kappa shape index (κ3) is 3.92. The number of ketones is 1. The number of hydrogen-bond acceptors (Lipinski definition) is 6. The molecule has 0 saturated heterocycles. The lowest BCUT2D eigenvalue weighted by molar-refractivity contribution is -0.125. The molecule has 2 aromatic carbocycles. The van der Waals surface area contributed by atoms with Crippen molar-refractivity contribution in [3.8, 4) is 22.6 Å². The Morgan fingerprint density at radius 1 is 1.12 bits per heavy atom. The van der Waals surface area contributed by atoms with Crippen LogP contribution < -0.4 is 20.1 Å². The van der Waals surface area contributed by atoms with Crippen LogP contribution >= 0.6 is 0 Å². The maximum atomic E-state index is 13.0. The van der Waals surface area contributed by atoms with Crippen molar-refractivity contribution >= 4 is 29.1 Å². The van der Waals surface area contributed by atoms with Gasteiger partial charge in [0, 0.05) is 16.8 Å². The van der Waals surface area contributed by atoms with E-state index >= 15 is 0 Å². The van der Waals surface area contributed by atoms with Gasteiger partial charge in [0.1, 0.15) is 11.9 Å². The molecule has 0 spiro atoms. The van der Waals surface area contributed by atoms with E-state index in [9.17, 15) is 14.4 Å². The Kier molecular flexibility index (Phi) is 5.63. The van der Waals surface area contributed by atoms with E-state index in [4.69, 9.17) is 9.47 Å². The van der Waals surface area contributed by atoms with Crippen LogP contribution in [0.5, 0.6) is 11.5 Å². The average Bonchev–Trinajstić information content (AvgIpc) is 3.21. The molecule has 2 amide bonds. The van der Waals surface area contributed by atoms with Crippen LogP contribution in [0.3, 0.4) is 0 Å². The molecule has 0 saturated carbocycles. The van der Waals surface area contributed by atoms with Crippen LogP contribution in [0.15, 0.2) is 48.7 Å². The maximum Gasteiger partial charge on any atom is 0.249 e. The molecule has 4 rings (SSSR count). The summed E-state index contributed by atoms with van der Waals surface area (Å²) in [6.45, 7) is 1.46. The van der Waals surface area contributed by atoms with E-state index in [0.29, 0.717) is 34.1 Å². The average molecular weight is 434 g/mol. The fourth-order valence-electron chi connectivity index (χ4n) is 3.63. The molecule has 2 heterocycles. The molecule has 9 heteroatoms. The number of carbonyl (C=O) groups is 3. The first-order chi connectivity index (χ1) is 15.4. The number of fused-ring (bicyclic) bond motifs is 1. The van der Waals surface area contributed by atoms with Crippen LogP contribution in [0, 0.1) is 0 Å². The van der Waals surface area contributed by atoms with Crippen molar-refractivity contribution in [2.75, 3.05) is 24.9 Å². The summed E-state index contributed by atoms with van der Waals surface area (Å²) in [5.74, 6) is 0.734. The predicted molar refractivity (Wildman–Crippen MR) is 118 cm³/mol. The summed E-state index contributed by atoms with van der Waals surface area (Å²) in [6.07, 6.45) is 1.54. The molecular weight excluding hydrogens is 412 g/mol. The predicted octanol–water partition coefficient (Wildman–Crippen LogP) is 3.29.